The number of hydrogen-bond acceptors (Lipinski definition) is 8. The van der Waals surface area contributed by atoms with E-state index in [2.05, 4.69) is 43.3 Å². The van der Waals surface area contributed by atoms with Crippen LogP contribution in [0.5, 0.6) is 5.75 Å². The molecule has 4 aromatic rings. The van der Waals surface area contributed by atoms with Crippen LogP contribution in [0.25, 0.3) is 22.2 Å². The zero-order chi connectivity index (χ0) is 26.6. The van der Waals surface area contributed by atoms with Crippen LogP contribution in [0.15, 0.2) is 54.6 Å². The van der Waals surface area contributed by atoms with Crippen molar-refractivity contribution >= 4 is 28.4 Å². The van der Waals surface area contributed by atoms with Crippen LogP contribution in [0.4, 0.5) is 11.5 Å². The van der Waals surface area contributed by atoms with E-state index >= 15 is 0 Å². The summed E-state index contributed by atoms with van der Waals surface area (Å²) in [4.78, 5) is 17.1. The predicted molar refractivity (Wildman–Crippen MR) is 146 cm³/mol. The Hall–Kier alpha value is -4.14. The lowest BCUT2D eigenvalue weighted by Gasteiger charge is -2.61. The van der Waals surface area contributed by atoms with E-state index in [1.165, 1.54) is 7.11 Å². The number of esters is 1. The van der Waals surface area contributed by atoms with Gasteiger partial charge in [0.2, 0.25) is 0 Å². The number of rotatable bonds is 6. The van der Waals surface area contributed by atoms with E-state index in [-0.39, 0.29) is 29.0 Å². The fraction of sp³-hybridized carbons (Fsp3) is 0.379. The molecule has 2 aromatic heterocycles. The molecule has 1 atom stereocenters. The van der Waals surface area contributed by atoms with Crippen LogP contribution in [0.2, 0.25) is 0 Å². The molecule has 0 saturated carbocycles. The number of carbonyl (C=O) groups is 1. The minimum absolute atomic E-state index is 0.108. The van der Waals surface area contributed by atoms with E-state index in [9.17, 15) is 9.90 Å². The summed E-state index contributed by atoms with van der Waals surface area (Å²) in [6.45, 7) is 7.93. The summed E-state index contributed by atoms with van der Waals surface area (Å²) >= 11 is 0. The van der Waals surface area contributed by atoms with Gasteiger partial charge in [-0.25, -0.2) is 0 Å². The van der Waals surface area contributed by atoms with E-state index in [4.69, 9.17) is 4.74 Å². The third-order valence-electron chi connectivity index (χ3n) is 7.86. The molecule has 4 heterocycles. The van der Waals surface area contributed by atoms with Crippen molar-refractivity contribution in [1.29, 1.82) is 0 Å². The Balaban J connectivity index is 1.12. The Kier molecular flexibility index (Phi) is 5.74. The van der Waals surface area contributed by atoms with E-state index in [0.29, 0.717) is 11.3 Å². The maximum atomic E-state index is 12.3. The quantitative estimate of drug-likeness (QED) is 0.388. The number of aryl methyl sites for hydroxylation is 1. The Morgan fingerprint density at radius 2 is 1.74 bits per heavy atom. The molecular formula is C29H32N6O3. The molecule has 2 saturated heterocycles. The topological polar surface area (TPSA) is 96.6 Å². The van der Waals surface area contributed by atoms with Gasteiger partial charge in [-0.1, -0.05) is 32.0 Å². The van der Waals surface area contributed by atoms with Gasteiger partial charge < -0.3 is 19.6 Å². The molecule has 1 N–H and O–H groups in total. The molecule has 0 amide bonds. The molecule has 2 aromatic carbocycles. The largest absolute Gasteiger partial charge is 0.507 e. The normalized spacial score (nSPS) is 17.0. The Labute approximate surface area is 221 Å². The lowest BCUT2D eigenvalue weighted by Crippen LogP contribution is -2.72. The van der Waals surface area contributed by atoms with E-state index in [1.807, 2.05) is 49.8 Å². The third kappa shape index (κ3) is 4.02. The van der Waals surface area contributed by atoms with Gasteiger partial charge in [0.25, 0.3) is 0 Å². The number of para-hydroxylation sites is 1. The van der Waals surface area contributed by atoms with Crippen molar-refractivity contribution in [2.75, 3.05) is 43.1 Å². The summed E-state index contributed by atoms with van der Waals surface area (Å²) in [6, 6.07) is 17.5. The number of fused-ring (bicyclic) bond motifs is 1. The van der Waals surface area contributed by atoms with E-state index in [0.717, 1.165) is 54.3 Å². The van der Waals surface area contributed by atoms with Gasteiger partial charge in [0.1, 0.15) is 17.5 Å². The lowest BCUT2D eigenvalue weighted by atomic mass is 9.72. The van der Waals surface area contributed by atoms with Crippen LogP contribution in [0.3, 0.4) is 0 Å². The molecule has 6 rings (SSSR count). The van der Waals surface area contributed by atoms with Crippen LogP contribution < -0.4 is 9.80 Å². The van der Waals surface area contributed by atoms with Crippen LogP contribution >= 0.6 is 0 Å². The van der Waals surface area contributed by atoms with Gasteiger partial charge in [0.05, 0.1) is 24.0 Å². The van der Waals surface area contributed by atoms with Gasteiger partial charge in [0, 0.05) is 61.3 Å². The predicted octanol–water partition coefficient (Wildman–Crippen LogP) is 3.98. The molecule has 1 spiro atoms. The number of aromatic hydroxyl groups is 1. The van der Waals surface area contributed by atoms with Crippen LogP contribution in [0, 0.1) is 11.3 Å². The zero-order valence-electron chi connectivity index (χ0n) is 22.1. The number of aromatic nitrogens is 4. The molecule has 38 heavy (non-hydrogen) atoms. The monoisotopic (exact) mass is 512 g/mol. The first-order valence-corrected chi connectivity index (χ1v) is 12.9. The molecule has 2 fully saturated rings. The highest BCUT2D eigenvalue weighted by molar-refractivity contribution is 5.86. The molecule has 9 heteroatoms. The number of carbonyl (C=O) groups excluding carboxylic acids is 1. The van der Waals surface area contributed by atoms with Crippen molar-refractivity contribution in [3.63, 3.8) is 0 Å². The maximum Gasteiger partial charge on any atom is 0.315 e. The van der Waals surface area contributed by atoms with Gasteiger partial charge in [-0.15, -0.1) is 10.2 Å². The highest BCUT2D eigenvalue weighted by atomic mass is 16.5. The Morgan fingerprint density at radius 3 is 2.45 bits per heavy atom. The van der Waals surface area contributed by atoms with Crippen LogP contribution in [-0.2, 0) is 16.6 Å². The molecule has 196 valence electrons. The second-order valence-corrected chi connectivity index (χ2v) is 11.0. The summed E-state index contributed by atoms with van der Waals surface area (Å²) in [7, 11) is 3.37. The smallest absolute Gasteiger partial charge is 0.315 e. The van der Waals surface area contributed by atoms with E-state index in [1.54, 1.807) is 12.1 Å². The fourth-order valence-corrected chi connectivity index (χ4v) is 5.90. The molecule has 0 bridgehead atoms. The molecule has 9 nitrogen and oxygen atoms in total. The maximum absolute atomic E-state index is 12.3. The summed E-state index contributed by atoms with van der Waals surface area (Å²) in [5.41, 5.74) is 4.35. The van der Waals surface area contributed by atoms with E-state index < -0.39 is 0 Å². The van der Waals surface area contributed by atoms with Gasteiger partial charge in [-0.3, -0.25) is 9.48 Å². The van der Waals surface area contributed by atoms with Gasteiger partial charge in [-0.2, -0.15) is 5.10 Å². The SMILES string of the molecule is COC(=O)C(c1cc(N2CC3(CN(c4ccc5cc(-c6ccccc6O)nnc5c4)C3)C2)n(C)n1)C(C)C. The standard InChI is InChI=1S/C29H32N6O3/c1-18(2)27(28(37)38-4)24-13-26(33(3)32-24)35-16-29(17-35)14-34(15-29)20-10-9-19-11-23(31-30-22(19)12-20)21-7-5-6-8-25(21)36/h5-13,18,27,36H,14-17H2,1-4H3. The Bertz CT molecular complexity index is 1520. The number of phenols is 1. The number of benzene rings is 2. The summed E-state index contributed by atoms with van der Waals surface area (Å²) in [5.74, 6) is 0.745. The molecule has 2 aliphatic heterocycles. The van der Waals surface area contributed by atoms with Gasteiger partial charge in [0.15, 0.2) is 0 Å². The molecule has 0 aliphatic carbocycles. The first-order valence-electron chi connectivity index (χ1n) is 12.9. The number of anilines is 2. The van der Waals surface area contributed by atoms with Crippen molar-refractivity contribution in [1.82, 2.24) is 20.0 Å². The lowest BCUT2D eigenvalue weighted by molar-refractivity contribution is -0.143. The van der Waals surface area contributed by atoms with Crippen molar-refractivity contribution in [2.45, 2.75) is 19.8 Å². The number of methoxy groups -OCH3 is 1. The second-order valence-electron chi connectivity index (χ2n) is 11.0. The molecular weight excluding hydrogens is 480 g/mol. The average Bonchev–Trinajstić information content (AvgIpc) is 3.22. The van der Waals surface area contributed by atoms with Gasteiger partial charge in [-0.05, 0) is 36.2 Å². The van der Waals surface area contributed by atoms with Crippen LogP contribution in [-0.4, -0.2) is 64.3 Å². The van der Waals surface area contributed by atoms with Crippen molar-refractivity contribution in [3.8, 4) is 17.0 Å². The average molecular weight is 513 g/mol. The fourth-order valence-electron chi connectivity index (χ4n) is 5.90. The Morgan fingerprint density at radius 1 is 1.00 bits per heavy atom. The summed E-state index contributed by atoms with van der Waals surface area (Å²) in [6.07, 6.45) is 0. The number of ether oxygens (including phenoxy) is 1. The van der Waals surface area contributed by atoms with Crippen molar-refractivity contribution in [3.05, 3.63) is 60.3 Å². The number of nitrogens with zero attached hydrogens (tertiary/aromatic N) is 6. The summed E-state index contributed by atoms with van der Waals surface area (Å²) in [5, 5.41) is 24.6. The zero-order valence-corrected chi connectivity index (χ0v) is 22.1. The highest BCUT2D eigenvalue weighted by Gasteiger charge is 2.52. The molecule has 2 aliphatic rings. The molecule has 1 unspecified atom stereocenters. The van der Waals surface area contributed by atoms with Crippen molar-refractivity contribution < 1.29 is 14.6 Å². The first-order chi connectivity index (χ1) is 18.3. The minimum Gasteiger partial charge on any atom is -0.507 e. The van der Waals surface area contributed by atoms with Crippen molar-refractivity contribution in [2.24, 2.45) is 18.4 Å². The number of hydrogen-bond donors (Lipinski definition) is 1. The second kappa shape index (κ2) is 9.01. The molecule has 0 radical (unpaired) electrons. The third-order valence-corrected chi connectivity index (χ3v) is 7.86. The summed E-state index contributed by atoms with van der Waals surface area (Å²) < 4.78 is 6.90. The minimum atomic E-state index is -0.361. The number of phenolic OH excluding ortho intramolecular Hbond substituents is 1. The highest BCUT2D eigenvalue weighted by Crippen LogP contribution is 2.44. The van der Waals surface area contributed by atoms with Gasteiger partial charge >= 0.3 is 5.97 Å². The first kappa shape index (κ1) is 24.2. The van der Waals surface area contributed by atoms with Crippen LogP contribution in [0.1, 0.15) is 25.5 Å².